The van der Waals surface area contributed by atoms with Gasteiger partial charge in [0.15, 0.2) is 6.29 Å². The van der Waals surface area contributed by atoms with Gasteiger partial charge in [0.1, 0.15) is 23.7 Å². The maximum absolute atomic E-state index is 7.29. The third-order valence-corrected chi connectivity index (χ3v) is 11.8. The fourth-order valence-electron chi connectivity index (χ4n) is 7.20. The average Bonchev–Trinajstić information content (AvgIpc) is 3.17. The maximum atomic E-state index is 7.29. The second-order valence-electron chi connectivity index (χ2n) is 14.5. The van der Waals surface area contributed by atoms with Crippen molar-refractivity contribution in [3.05, 3.63) is 107 Å². The zero-order valence-corrected chi connectivity index (χ0v) is 34.8. The molecule has 6 atom stereocenters. The molecule has 0 radical (unpaired) electrons. The van der Waals surface area contributed by atoms with Crippen molar-refractivity contribution in [3.63, 3.8) is 0 Å². The average molecular weight is 764 g/mol. The second-order valence-corrected chi connectivity index (χ2v) is 15.9. The van der Waals surface area contributed by atoms with Crippen LogP contribution in [0.1, 0.15) is 78.5 Å². The number of hydrogen-bond acceptors (Lipinski definition) is 9. The van der Waals surface area contributed by atoms with Crippen LogP contribution in [-0.2, 0) is 28.9 Å². The predicted molar refractivity (Wildman–Crippen MR) is 216 cm³/mol. The molecule has 0 bridgehead atoms. The van der Waals surface area contributed by atoms with E-state index in [0.29, 0.717) is 6.61 Å². The fraction of sp³-hybridized carbons (Fsp3) is 0.558. The highest BCUT2D eigenvalue weighted by atomic mass is 31.2. The van der Waals surface area contributed by atoms with Gasteiger partial charge in [-0.3, -0.25) is 0 Å². The number of rotatable bonds is 21. The highest BCUT2D eigenvalue weighted by Gasteiger charge is 2.47. The summed E-state index contributed by atoms with van der Waals surface area (Å²) >= 11 is 0. The molecule has 11 heteroatoms. The number of benzene rings is 3. The Morgan fingerprint density at radius 1 is 0.815 bits per heavy atom. The minimum absolute atomic E-state index is 0.0228. The first-order valence-corrected chi connectivity index (χ1v) is 20.4. The van der Waals surface area contributed by atoms with Gasteiger partial charge in [0.05, 0.1) is 45.7 Å². The Labute approximate surface area is 325 Å². The van der Waals surface area contributed by atoms with Gasteiger partial charge in [0, 0.05) is 24.0 Å². The zero-order chi connectivity index (χ0) is 39.3. The Morgan fingerprint density at radius 2 is 1.37 bits per heavy atom. The number of hydrogen-bond donors (Lipinski definition) is 1. The van der Waals surface area contributed by atoms with Gasteiger partial charge in [-0.25, -0.2) is 11.2 Å². The van der Waals surface area contributed by atoms with Crippen molar-refractivity contribution < 1.29 is 32.7 Å². The molecule has 1 fully saturated rings. The van der Waals surface area contributed by atoms with Crippen molar-refractivity contribution in [3.8, 4) is 11.5 Å². The molecule has 3 aromatic carbocycles. The van der Waals surface area contributed by atoms with Crippen LogP contribution in [0, 0.1) is 12.5 Å². The van der Waals surface area contributed by atoms with Crippen molar-refractivity contribution in [2.75, 3.05) is 40.6 Å². The summed E-state index contributed by atoms with van der Waals surface area (Å²) < 4.78 is 47.1. The van der Waals surface area contributed by atoms with Gasteiger partial charge < -0.3 is 42.9 Å². The summed E-state index contributed by atoms with van der Waals surface area (Å²) in [5.74, 6) is 1.56. The molecule has 0 saturated carbocycles. The third-order valence-electron chi connectivity index (χ3n) is 9.70. The van der Waals surface area contributed by atoms with Crippen LogP contribution in [0.2, 0.25) is 0 Å². The van der Waals surface area contributed by atoms with Crippen molar-refractivity contribution in [1.82, 2.24) is 9.99 Å². The lowest BCUT2D eigenvalue weighted by Gasteiger charge is -2.48. The third kappa shape index (κ3) is 10.8. The van der Waals surface area contributed by atoms with Gasteiger partial charge in [-0.05, 0) is 75.1 Å². The molecule has 3 aromatic rings. The summed E-state index contributed by atoms with van der Waals surface area (Å²) in [4.78, 5) is 3.51. The molecular formula is C43H62N3O7P. The predicted octanol–water partition coefficient (Wildman–Crippen LogP) is 8.83. The molecule has 1 aliphatic heterocycles. The van der Waals surface area contributed by atoms with Crippen molar-refractivity contribution in [2.45, 2.75) is 110 Å². The lowest BCUT2D eigenvalue weighted by molar-refractivity contribution is -0.252. The Kier molecular flexibility index (Phi) is 17.2. The first-order chi connectivity index (χ1) is 26.0. The fourth-order valence-corrected chi connectivity index (χ4v) is 9.03. The van der Waals surface area contributed by atoms with Gasteiger partial charge >= 0.3 is 0 Å². The number of nitrogens with one attached hydrogen (secondary N) is 1. The van der Waals surface area contributed by atoms with Gasteiger partial charge in [0.2, 0.25) is 6.54 Å². The van der Waals surface area contributed by atoms with E-state index in [1.807, 2.05) is 42.5 Å². The first-order valence-electron chi connectivity index (χ1n) is 19.2. The molecular weight excluding hydrogens is 701 g/mol. The Bertz CT molecular complexity index is 1500. The van der Waals surface area contributed by atoms with Gasteiger partial charge in [-0.15, -0.1) is 0 Å². The summed E-state index contributed by atoms with van der Waals surface area (Å²) in [7, 11) is 1.89. The van der Waals surface area contributed by atoms with Crippen LogP contribution in [-0.4, -0.2) is 87.9 Å². The molecule has 0 spiro atoms. The standard InChI is InChI=1S/C43H62N3O7P/c1-12-39-41(53-54(51-27-26-44-9)46(31(4)5)32(6)7)33(8)40(45-30(2)3)42(52-39)49-28-29-50-43(34-16-14-13-15-17-34,35-18-22-37(47-10)23-19-35)36-20-24-38(48-11)25-21-36/h13-25,30-33,39-42,45H,12,26-29H2,1-8,10-11H3. The van der Waals surface area contributed by atoms with E-state index in [1.165, 1.54) is 0 Å². The van der Waals surface area contributed by atoms with Crippen molar-refractivity contribution in [2.24, 2.45) is 5.92 Å². The summed E-state index contributed by atoms with van der Waals surface area (Å²) in [6.07, 6.45) is -0.282. The largest absolute Gasteiger partial charge is 0.497 e. The maximum Gasteiger partial charge on any atom is 0.259 e. The van der Waals surface area contributed by atoms with Crippen LogP contribution in [0.15, 0.2) is 78.9 Å². The van der Waals surface area contributed by atoms with E-state index in [1.54, 1.807) is 14.2 Å². The topological polar surface area (TPSA) is 84.2 Å². The molecule has 10 nitrogen and oxygen atoms in total. The summed E-state index contributed by atoms with van der Waals surface area (Å²) in [6, 6.07) is 26.7. The van der Waals surface area contributed by atoms with Gasteiger partial charge in [-0.2, -0.15) is 0 Å². The molecule has 0 amide bonds. The molecule has 1 saturated heterocycles. The molecule has 1 heterocycles. The monoisotopic (exact) mass is 763 g/mol. The lowest BCUT2D eigenvalue weighted by atomic mass is 9.80. The van der Waals surface area contributed by atoms with Crippen LogP contribution in [0.3, 0.4) is 0 Å². The Hall–Kier alpha value is -3.10. The number of methoxy groups -OCH3 is 2. The molecule has 1 N–H and O–H groups in total. The van der Waals surface area contributed by atoms with Gasteiger partial charge in [-0.1, -0.05) is 82.3 Å². The summed E-state index contributed by atoms with van der Waals surface area (Å²) in [5, 5.41) is 3.73. The molecule has 6 unspecified atom stereocenters. The Balaban J connectivity index is 1.61. The molecule has 1 aliphatic rings. The minimum atomic E-state index is -1.44. The highest BCUT2D eigenvalue weighted by Crippen LogP contribution is 2.50. The molecule has 54 heavy (non-hydrogen) atoms. The number of ether oxygens (including phenoxy) is 5. The van der Waals surface area contributed by atoms with Crippen molar-refractivity contribution in [1.29, 1.82) is 0 Å². The normalized spacial score (nSPS) is 21.1. The van der Waals surface area contributed by atoms with Gasteiger partial charge in [0.25, 0.3) is 8.53 Å². The SMILES string of the molecule is [C-]#[N+]CCOP(OC1C(CC)OC(OCCOC(c2ccccc2)(c2ccc(OC)cc2)c2ccc(OC)cc2)C(NC(C)C)C1C)N(C(C)C)C(C)C. The molecule has 4 rings (SSSR count). The molecule has 0 aromatic heterocycles. The first kappa shape index (κ1) is 43.6. The molecule has 0 aliphatic carbocycles. The van der Waals surface area contributed by atoms with Crippen LogP contribution >= 0.6 is 8.53 Å². The van der Waals surface area contributed by atoms with Crippen LogP contribution < -0.4 is 14.8 Å². The van der Waals surface area contributed by atoms with Crippen LogP contribution in [0.4, 0.5) is 0 Å². The Morgan fingerprint density at radius 3 is 1.85 bits per heavy atom. The van der Waals surface area contributed by atoms with E-state index in [4.69, 9.17) is 39.3 Å². The summed E-state index contributed by atoms with van der Waals surface area (Å²) in [5.41, 5.74) is 1.95. The van der Waals surface area contributed by atoms with E-state index >= 15 is 0 Å². The van der Waals surface area contributed by atoms with Crippen molar-refractivity contribution >= 4 is 8.53 Å². The second kappa shape index (κ2) is 21.3. The van der Waals surface area contributed by atoms with E-state index in [-0.39, 0.29) is 62.1 Å². The van der Waals surface area contributed by atoms with Crippen LogP contribution in [0.25, 0.3) is 4.85 Å². The smallest absolute Gasteiger partial charge is 0.259 e. The molecule has 296 valence electrons. The van der Waals surface area contributed by atoms with E-state index in [2.05, 4.69) is 107 Å². The minimum Gasteiger partial charge on any atom is -0.497 e. The number of nitrogens with zero attached hydrogens (tertiary/aromatic N) is 2. The quantitative estimate of drug-likeness (QED) is 0.0496. The van der Waals surface area contributed by atoms with E-state index in [9.17, 15) is 0 Å². The van der Waals surface area contributed by atoms with E-state index < -0.39 is 20.4 Å². The lowest BCUT2D eigenvalue weighted by Crippen LogP contribution is -2.61. The highest BCUT2D eigenvalue weighted by molar-refractivity contribution is 7.44. The zero-order valence-electron chi connectivity index (χ0n) is 33.9. The van der Waals surface area contributed by atoms with Crippen LogP contribution in [0.5, 0.6) is 11.5 Å². The summed E-state index contributed by atoms with van der Waals surface area (Å²) in [6.45, 7) is 25.7. The van der Waals surface area contributed by atoms with E-state index in [0.717, 1.165) is 34.6 Å².